The highest BCUT2D eigenvalue weighted by atomic mass is 19.1. The minimum absolute atomic E-state index is 0.333. The molecular formula is C13H15FN2O2. The summed E-state index contributed by atoms with van der Waals surface area (Å²) in [5.74, 6) is 0.0925. The van der Waals surface area contributed by atoms with E-state index in [9.17, 15) is 9.50 Å². The number of hydrogen-bond donors (Lipinski definition) is 1. The third-order valence-corrected chi connectivity index (χ3v) is 2.57. The molecule has 1 aromatic heterocycles. The maximum absolute atomic E-state index is 13.1. The summed E-state index contributed by atoms with van der Waals surface area (Å²) in [4.78, 5) is 0. The van der Waals surface area contributed by atoms with E-state index >= 15 is 0 Å². The van der Waals surface area contributed by atoms with E-state index < -0.39 is 6.10 Å². The van der Waals surface area contributed by atoms with E-state index in [1.165, 1.54) is 18.2 Å². The molecule has 18 heavy (non-hydrogen) atoms. The molecule has 0 saturated heterocycles. The molecule has 0 spiro atoms. The van der Waals surface area contributed by atoms with Crippen molar-refractivity contribution in [3.05, 3.63) is 47.5 Å². The summed E-state index contributed by atoms with van der Waals surface area (Å²) < 4.78 is 20.3. The van der Waals surface area contributed by atoms with E-state index in [1.807, 2.05) is 13.2 Å². The number of aliphatic hydroxyl groups excluding tert-OH is 1. The van der Waals surface area contributed by atoms with E-state index in [1.54, 1.807) is 17.8 Å². The molecule has 2 rings (SSSR count). The van der Waals surface area contributed by atoms with Gasteiger partial charge in [0, 0.05) is 24.4 Å². The number of halogens is 1. The van der Waals surface area contributed by atoms with Crippen LogP contribution in [0.4, 0.5) is 4.39 Å². The molecule has 1 N–H and O–H groups in total. The predicted molar refractivity (Wildman–Crippen MR) is 64.6 cm³/mol. The molecule has 0 unspecified atom stereocenters. The highest BCUT2D eigenvalue weighted by molar-refractivity contribution is 5.35. The van der Waals surface area contributed by atoms with Crippen molar-refractivity contribution >= 4 is 0 Å². The van der Waals surface area contributed by atoms with Gasteiger partial charge in [0.1, 0.15) is 18.2 Å². The van der Waals surface area contributed by atoms with Gasteiger partial charge in [-0.25, -0.2) is 4.39 Å². The summed E-state index contributed by atoms with van der Waals surface area (Å²) in [6, 6.07) is 4.11. The van der Waals surface area contributed by atoms with Crippen LogP contribution in [0, 0.1) is 5.82 Å². The van der Waals surface area contributed by atoms with E-state index in [4.69, 9.17) is 4.74 Å². The molecule has 0 aliphatic rings. The lowest BCUT2D eigenvalue weighted by Crippen LogP contribution is -2.01. The fourth-order valence-corrected chi connectivity index (χ4v) is 1.68. The lowest BCUT2D eigenvalue weighted by Gasteiger charge is -2.12. The molecule has 0 bridgehead atoms. The number of aryl methyl sites for hydroxylation is 1. The first-order chi connectivity index (χ1) is 8.56. The van der Waals surface area contributed by atoms with Crippen LogP contribution in [-0.2, 0) is 13.7 Å². The summed E-state index contributed by atoms with van der Waals surface area (Å²) in [6.45, 7) is 1.91. The third kappa shape index (κ3) is 2.87. The van der Waals surface area contributed by atoms with E-state index in [0.717, 1.165) is 5.56 Å². The predicted octanol–water partition coefficient (Wildman–Crippen LogP) is 2.19. The van der Waals surface area contributed by atoms with Gasteiger partial charge in [0.25, 0.3) is 0 Å². The molecule has 5 heteroatoms. The normalized spacial score (nSPS) is 12.4. The number of aliphatic hydroxyl groups is 1. The minimum Gasteiger partial charge on any atom is -0.488 e. The van der Waals surface area contributed by atoms with Crippen LogP contribution in [0.15, 0.2) is 30.6 Å². The molecule has 4 nitrogen and oxygen atoms in total. The van der Waals surface area contributed by atoms with Crippen molar-refractivity contribution in [3.63, 3.8) is 0 Å². The Balaban J connectivity index is 2.13. The van der Waals surface area contributed by atoms with Crippen LogP contribution in [0.25, 0.3) is 0 Å². The Morgan fingerprint density at radius 2 is 2.28 bits per heavy atom. The Morgan fingerprint density at radius 3 is 2.89 bits per heavy atom. The van der Waals surface area contributed by atoms with E-state index in [-0.39, 0.29) is 5.82 Å². The van der Waals surface area contributed by atoms with Crippen molar-refractivity contribution in [1.29, 1.82) is 0 Å². The number of benzene rings is 1. The highest BCUT2D eigenvalue weighted by Crippen LogP contribution is 2.26. The zero-order valence-electron chi connectivity index (χ0n) is 10.3. The van der Waals surface area contributed by atoms with Gasteiger partial charge in [-0.2, -0.15) is 5.10 Å². The van der Waals surface area contributed by atoms with Crippen LogP contribution in [0.5, 0.6) is 5.75 Å². The maximum atomic E-state index is 13.1. The fourth-order valence-electron chi connectivity index (χ4n) is 1.68. The Morgan fingerprint density at radius 1 is 1.50 bits per heavy atom. The van der Waals surface area contributed by atoms with Gasteiger partial charge >= 0.3 is 0 Å². The molecule has 2 aromatic rings. The second-order valence-electron chi connectivity index (χ2n) is 4.17. The molecule has 1 atom stereocenters. The Kier molecular flexibility index (Phi) is 3.62. The summed E-state index contributed by atoms with van der Waals surface area (Å²) in [6.07, 6.45) is 2.77. The first kappa shape index (κ1) is 12.6. The number of aromatic nitrogens is 2. The van der Waals surface area contributed by atoms with E-state index in [0.29, 0.717) is 17.9 Å². The van der Waals surface area contributed by atoms with Crippen LogP contribution in [0.2, 0.25) is 0 Å². The van der Waals surface area contributed by atoms with Gasteiger partial charge in [-0.3, -0.25) is 4.68 Å². The van der Waals surface area contributed by atoms with E-state index in [2.05, 4.69) is 5.10 Å². The van der Waals surface area contributed by atoms with Crippen molar-refractivity contribution in [2.75, 3.05) is 0 Å². The fraction of sp³-hybridized carbons (Fsp3) is 0.308. The number of ether oxygens (including phenoxy) is 1. The molecule has 0 saturated carbocycles. The lowest BCUT2D eigenvalue weighted by molar-refractivity contribution is 0.189. The van der Waals surface area contributed by atoms with Crippen LogP contribution in [0.3, 0.4) is 0 Å². The third-order valence-electron chi connectivity index (χ3n) is 2.57. The summed E-state index contributed by atoms with van der Waals surface area (Å²) in [5, 5.41) is 13.6. The number of rotatable bonds is 4. The Hall–Kier alpha value is -1.88. The first-order valence-electron chi connectivity index (χ1n) is 5.64. The zero-order valence-corrected chi connectivity index (χ0v) is 10.3. The molecule has 1 heterocycles. The Bertz CT molecular complexity index is 538. The molecule has 1 aromatic carbocycles. The zero-order chi connectivity index (χ0) is 13.1. The molecule has 96 valence electrons. The molecule has 0 aliphatic carbocycles. The second-order valence-corrected chi connectivity index (χ2v) is 4.17. The Labute approximate surface area is 105 Å². The molecular weight excluding hydrogens is 235 g/mol. The molecule has 0 amide bonds. The standard InChI is InChI=1S/C13H15FN2O2/c1-9(17)12-5-11(14)3-4-13(12)18-8-10-6-15-16(2)7-10/h3-7,9,17H,8H2,1-2H3/t9-/m0/s1. The lowest BCUT2D eigenvalue weighted by atomic mass is 10.1. The average Bonchev–Trinajstić information content (AvgIpc) is 2.73. The summed E-state index contributed by atoms with van der Waals surface area (Å²) in [5.41, 5.74) is 1.36. The van der Waals surface area contributed by atoms with Crippen molar-refractivity contribution in [2.45, 2.75) is 19.6 Å². The largest absolute Gasteiger partial charge is 0.488 e. The SMILES string of the molecule is C[C@H](O)c1cc(F)ccc1OCc1cnn(C)c1. The minimum atomic E-state index is -0.774. The van der Waals surface area contributed by atoms with Crippen molar-refractivity contribution in [3.8, 4) is 5.75 Å². The highest BCUT2D eigenvalue weighted by Gasteiger charge is 2.11. The van der Waals surface area contributed by atoms with Crippen LogP contribution in [0.1, 0.15) is 24.2 Å². The smallest absolute Gasteiger partial charge is 0.125 e. The number of nitrogens with zero attached hydrogens (tertiary/aromatic N) is 2. The topological polar surface area (TPSA) is 47.3 Å². The molecule has 0 fully saturated rings. The number of hydrogen-bond acceptors (Lipinski definition) is 3. The van der Waals surface area contributed by atoms with Crippen LogP contribution < -0.4 is 4.74 Å². The van der Waals surface area contributed by atoms with Gasteiger partial charge in [0.05, 0.1) is 12.3 Å². The van der Waals surface area contributed by atoms with Crippen LogP contribution >= 0.6 is 0 Å². The maximum Gasteiger partial charge on any atom is 0.125 e. The van der Waals surface area contributed by atoms with Crippen molar-refractivity contribution in [1.82, 2.24) is 9.78 Å². The van der Waals surface area contributed by atoms with Gasteiger partial charge in [-0.05, 0) is 25.1 Å². The molecule has 0 aliphatic heterocycles. The molecule has 0 radical (unpaired) electrons. The summed E-state index contributed by atoms with van der Waals surface area (Å²) >= 11 is 0. The van der Waals surface area contributed by atoms with Gasteiger partial charge in [0.15, 0.2) is 0 Å². The second kappa shape index (κ2) is 5.18. The first-order valence-corrected chi connectivity index (χ1v) is 5.64. The summed E-state index contributed by atoms with van der Waals surface area (Å²) in [7, 11) is 1.82. The average molecular weight is 250 g/mol. The van der Waals surface area contributed by atoms with Gasteiger partial charge < -0.3 is 9.84 Å². The van der Waals surface area contributed by atoms with Gasteiger partial charge in [-0.1, -0.05) is 0 Å². The van der Waals surface area contributed by atoms with Gasteiger partial charge in [0.2, 0.25) is 0 Å². The van der Waals surface area contributed by atoms with Crippen LogP contribution in [-0.4, -0.2) is 14.9 Å². The monoisotopic (exact) mass is 250 g/mol. The van der Waals surface area contributed by atoms with Crippen molar-refractivity contribution in [2.24, 2.45) is 7.05 Å². The quantitative estimate of drug-likeness (QED) is 0.904. The van der Waals surface area contributed by atoms with Crippen molar-refractivity contribution < 1.29 is 14.2 Å². The van der Waals surface area contributed by atoms with Gasteiger partial charge in [-0.15, -0.1) is 0 Å².